The first kappa shape index (κ1) is 22.3. The molecule has 0 radical (unpaired) electrons. The number of ether oxygens (including phenoxy) is 1. The lowest BCUT2D eigenvalue weighted by Crippen LogP contribution is -2.52. The van der Waals surface area contributed by atoms with Gasteiger partial charge in [-0.3, -0.25) is 9.69 Å². The number of carbonyl (C=O) groups excluding carboxylic acids is 1. The number of carbonyl (C=O) groups is 1. The van der Waals surface area contributed by atoms with Crippen LogP contribution in [0.4, 0.5) is 10.1 Å². The minimum Gasteiger partial charge on any atom is -0.497 e. The van der Waals surface area contributed by atoms with Crippen molar-refractivity contribution in [3.05, 3.63) is 82.3 Å². The Morgan fingerprint density at radius 3 is 2.38 bits per heavy atom. The van der Waals surface area contributed by atoms with Gasteiger partial charge in [0, 0.05) is 42.8 Å². The van der Waals surface area contributed by atoms with Crippen molar-refractivity contribution in [2.24, 2.45) is 0 Å². The fourth-order valence-corrected chi connectivity index (χ4v) is 5.23. The van der Waals surface area contributed by atoms with Crippen LogP contribution in [0, 0.1) is 5.82 Å². The van der Waals surface area contributed by atoms with E-state index in [4.69, 9.17) is 4.74 Å². The van der Waals surface area contributed by atoms with E-state index in [-0.39, 0.29) is 23.6 Å². The summed E-state index contributed by atoms with van der Waals surface area (Å²) in [4.78, 5) is 18.7. The SMILES string of the molecule is COc1ccc(N2CCN([C@H](c3cccs3)[C@H](C)NC(=O)c3ccccc3F)CC2)cc1. The van der Waals surface area contributed by atoms with Crippen LogP contribution in [-0.4, -0.2) is 50.1 Å². The molecular weight excluding hydrogens is 425 g/mol. The van der Waals surface area contributed by atoms with E-state index >= 15 is 0 Å². The summed E-state index contributed by atoms with van der Waals surface area (Å²) in [6.07, 6.45) is 0. The van der Waals surface area contributed by atoms with Crippen LogP contribution in [0.25, 0.3) is 0 Å². The van der Waals surface area contributed by atoms with E-state index < -0.39 is 5.82 Å². The molecule has 0 saturated carbocycles. The first-order valence-electron chi connectivity index (χ1n) is 10.8. The monoisotopic (exact) mass is 453 g/mol. The number of methoxy groups -OCH3 is 1. The van der Waals surface area contributed by atoms with Crippen molar-refractivity contribution >= 4 is 22.9 Å². The van der Waals surface area contributed by atoms with Crippen molar-refractivity contribution in [2.75, 3.05) is 38.2 Å². The highest BCUT2D eigenvalue weighted by Gasteiger charge is 2.31. The third-order valence-corrected chi connectivity index (χ3v) is 6.87. The molecule has 1 aromatic heterocycles. The number of amides is 1. The third-order valence-electron chi connectivity index (χ3n) is 5.93. The van der Waals surface area contributed by atoms with Crippen LogP contribution in [0.3, 0.4) is 0 Å². The van der Waals surface area contributed by atoms with Crippen molar-refractivity contribution in [2.45, 2.75) is 19.0 Å². The van der Waals surface area contributed by atoms with Gasteiger partial charge in [-0.15, -0.1) is 11.3 Å². The molecule has 0 unspecified atom stereocenters. The van der Waals surface area contributed by atoms with Gasteiger partial charge in [0.2, 0.25) is 0 Å². The zero-order chi connectivity index (χ0) is 22.5. The normalized spacial score (nSPS) is 16.4. The molecule has 0 spiro atoms. The van der Waals surface area contributed by atoms with E-state index in [0.717, 1.165) is 31.9 Å². The summed E-state index contributed by atoms with van der Waals surface area (Å²) >= 11 is 1.69. The van der Waals surface area contributed by atoms with Crippen LogP contribution in [0.1, 0.15) is 28.2 Å². The molecule has 1 aliphatic heterocycles. The number of rotatable bonds is 7. The Balaban J connectivity index is 1.45. The van der Waals surface area contributed by atoms with E-state index in [1.165, 1.54) is 22.7 Å². The van der Waals surface area contributed by atoms with Gasteiger partial charge in [-0.2, -0.15) is 0 Å². The summed E-state index contributed by atoms with van der Waals surface area (Å²) in [6.45, 7) is 5.52. The van der Waals surface area contributed by atoms with Gasteiger partial charge in [0.25, 0.3) is 5.91 Å². The van der Waals surface area contributed by atoms with Gasteiger partial charge >= 0.3 is 0 Å². The number of piperazine rings is 1. The van der Waals surface area contributed by atoms with Gasteiger partial charge in [0.1, 0.15) is 11.6 Å². The summed E-state index contributed by atoms with van der Waals surface area (Å²) < 4.78 is 19.3. The van der Waals surface area contributed by atoms with Crippen molar-refractivity contribution < 1.29 is 13.9 Å². The summed E-state index contributed by atoms with van der Waals surface area (Å²) in [5, 5.41) is 5.09. The van der Waals surface area contributed by atoms with Gasteiger partial charge < -0.3 is 15.0 Å². The number of hydrogen-bond acceptors (Lipinski definition) is 5. The van der Waals surface area contributed by atoms with Crippen LogP contribution < -0.4 is 15.0 Å². The van der Waals surface area contributed by atoms with E-state index in [1.807, 2.05) is 25.1 Å². The van der Waals surface area contributed by atoms with Crippen LogP contribution in [-0.2, 0) is 0 Å². The zero-order valence-electron chi connectivity index (χ0n) is 18.3. The number of halogens is 1. The molecule has 1 saturated heterocycles. The zero-order valence-corrected chi connectivity index (χ0v) is 19.1. The molecule has 2 aromatic carbocycles. The van der Waals surface area contributed by atoms with Crippen molar-refractivity contribution in [1.82, 2.24) is 10.2 Å². The summed E-state index contributed by atoms with van der Waals surface area (Å²) in [5.74, 6) is -0.0310. The quantitative estimate of drug-likeness (QED) is 0.569. The molecule has 1 aliphatic rings. The minimum atomic E-state index is -0.502. The van der Waals surface area contributed by atoms with E-state index in [1.54, 1.807) is 30.6 Å². The second-order valence-electron chi connectivity index (χ2n) is 7.92. The Bertz CT molecular complexity index is 1020. The second kappa shape index (κ2) is 10.1. The van der Waals surface area contributed by atoms with E-state index in [2.05, 4.69) is 38.7 Å². The number of nitrogens with zero attached hydrogens (tertiary/aromatic N) is 2. The number of nitrogens with one attached hydrogen (secondary N) is 1. The van der Waals surface area contributed by atoms with Crippen molar-refractivity contribution in [1.29, 1.82) is 0 Å². The maximum Gasteiger partial charge on any atom is 0.254 e. The molecule has 2 heterocycles. The Kier molecular flexibility index (Phi) is 7.07. The van der Waals surface area contributed by atoms with Crippen molar-refractivity contribution in [3.8, 4) is 5.75 Å². The van der Waals surface area contributed by atoms with Gasteiger partial charge in [-0.05, 0) is 54.8 Å². The first-order chi connectivity index (χ1) is 15.6. The Morgan fingerprint density at radius 2 is 1.75 bits per heavy atom. The molecule has 0 bridgehead atoms. The highest BCUT2D eigenvalue weighted by Crippen LogP contribution is 2.30. The van der Waals surface area contributed by atoms with Crippen LogP contribution in [0.15, 0.2) is 66.0 Å². The van der Waals surface area contributed by atoms with Crippen LogP contribution in [0.2, 0.25) is 0 Å². The molecule has 2 atom stereocenters. The molecule has 3 aromatic rings. The molecular formula is C25H28FN3O2S. The molecule has 32 heavy (non-hydrogen) atoms. The van der Waals surface area contributed by atoms with Crippen molar-refractivity contribution in [3.63, 3.8) is 0 Å². The molecule has 1 fully saturated rings. The van der Waals surface area contributed by atoms with Crippen LogP contribution >= 0.6 is 11.3 Å². The van der Waals surface area contributed by atoms with E-state index in [9.17, 15) is 9.18 Å². The maximum absolute atomic E-state index is 14.1. The topological polar surface area (TPSA) is 44.8 Å². The molecule has 168 valence electrons. The lowest BCUT2D eigenvalue weighted by Gasteiger charge is -2.42. The predicted octanol–water partition coefficient (Wildman–Crippen LogP) is 4.58. The highest BCUT2D eigenvalue weighted by atomic mass is 32.1. The maximum atomic E-state index is 14.1. The Hall–Kier alpha value is -2.90. The van der Waals surface area contributed by atoms with Gasteiger partial charge in [0.05, 0.1) is 18.7 Å². The third kappa shape index (κ3) is 4.95. The number of thiophene rings is 1. The average Bonchev–Trinajstić information content (AvgIpc) is 3.34. The Labute approximate surface area is 192 Å². The first-order valence-corrected chi connectivity index (χ1v) is 11.7. The molecule has 1 N–H and O–H groups in total. The lowest BCUT2D eigenvalue weighted by molar-refractivity contribution is 0.0886. The lowest BCUT2D eigenvalue weighted by atomic mass is 10.0. The summed E-state index contributed by atoms with van der Waals surface area (Å²) in [6, 6.07) is 18.2. The van der Waals surface area contributed by atoms with Gasteiger partial charge in [0.15, 0.2) is 0 Å². The van der Waals surface area contributed by atoms with Crippen LogP contribution in [0.5, 0.6) is 5.75 Å². The minimum absolute atomic E-state index is 0.0312. The largest absolute Gasteiger partial charge is 0.497 e. The highest BCUT2D eigenvalue weighted by molar-refractivity contribution is 7.10. The molecule has 7 heteroatoms. The molecule has 0 aliphatic carbocycles. The summed E-state index contributed by atoms with van der Waals surface area (Å²) in [7, 11) is 1.67. The fraction of sp³-hybridized carbons (Fsp3) is 0.320. The second-order valence-corrected chi connectivity index (χ2v) is 8.90. The number of benzene rings is 2. The number of hydrogen-bond donors (Lipinski definition) is 1. The summed E-state index contributed by atoms with van der Waals surface area (Å²) in [5.41, 5.74) is 1.26. The standard InChI is InChI=1S/C25H28FN3O2S/c1-18(27-25(30)21-6-3-4-7-22(21)26)24(23-8-5-17-32-23)29-15-13-28(14-16-29)19-9-11-20(31-2)12-10-19/h3-12,17-18,24H,13-16H2,1-2H3,(H,27,30)/t18-,24-/m0/s1. The molecule has 5 nitrogen and oxygen atoms in total. The smallest absolute Gasteiger partial charge is 0.254 e. The molecule has 1 amide bonds. The number of anilines is 1. The Morgan fingerprint density at radius 1 is 1.03 bits per heavy atom. The van der Waals surface area contributed by atoms with Gasteiger partial charge in [-0.25, -0.2) is 4.39 Å². The average molecular weight is 454 g/mol. The van der Waals surface area contributed by atoms with E-state index in [0.29, 0.717) is 0 Å². The molecule has 4 rings (SSSR count). The van der Waals surface area contributed by atoms with Gasteiger partial charge in [-0.1, -0.05) is 18.2 Å². The fourth-order valence-electron chi connectivity index (χ4n) is 4.26. The predicted molar refractivity (Wildman–Crippen MR) is 127 cm³/mol.